The van der Waals surface area contributed by atoms with Crippen LogP contribution in [0.15, 0.2) is 12.1 Å². The van der Waals surface area contributed by atoms with Crippen LogP contribution in [0.3, 0.4) is 0 Å². The van der Waals surface area contributed by atoms with E-state index in [1.54, 1.807) is 0 Å². The van der Waals surface area contributed by atoms with E-state index >= 15 is 0 Å². The number of ketones is 1. The fourth-order valence-corrected chi connectivity index (χ4v) is 1.58. The maximum Gasteiger partial charge on any atom is 0.161 e. The smallest absolute Gasteiger partial charge is 0.161 e. The Balaban J connectivity index is 3.24. The minimum atomic E-state index is 0.0262. The number of carbonyl (C=O) groups excluding carboxylic acids is 1. The van der Waals surface area contributed by atoms with Gasteiger partial charge in [-0.15, -0.1) is 0 Å². The third-order valence-corrected chi connectivity index (χ3v) is 2.50. The molecule has 0 aliphatic heterocycles. The van der Waals surface area contributed by atoms with Crippen LogP contribution in [0.5, 0.6) is 11.5 Å². The molecule has 1 aromatic rings. The van der Waals surface area contributed by atoms with Crippen LogP contribution >= 0.6 is 0 Å². The minimum Gasteiger partial charge on any atom is -0.504 e. The molecule has 0 atom stereocenters. The van der Waals surface area contributed by atoms with Gasteiger partial charge in [-0.3, -0.25) is 4.79 Å². The average Bonchev–Trinajstić information content (AvgIpc) is 2.20. The number of ether oxygens (including phenoxy) is 1. The summed E-state index contributed by atoms with van der Waals surface area (Å²) in [7, 11) is 1.51. The molecular weight excluding hydrogens is 204 g/mol. The maximum atomic E-state index is 11.1. The van der Waals surface area contributed by atoms with E-state index in [2.05, 4.69) is 13.8 Å². The number of phenolic OH excluding ortho intramolecular Hbond substituents is 1. The fraction of sp³-hybridized carbons (Fsp3) is 0.462. The van der Waals surface area contributed by atoms with Crippen LogP contribution in [-0.2, 0) is 11.2 Å². The molecule has 1 rings (SSSR count). The molecule has 0 saturated carbocycles. The van der Waals surface area contributed by atoms with Gasteiger partial charge in [0.2, 0.25) is 0 Å². The van der Waals surface area contributed by atoms with Crippen molar-refractivity contribution in [2.45, 2.75) is 33.1 Å². The van der Waals surface area contributed by atoms with Crippen LogP contribution in [0.2, 0.25) is 0 Å². The molecule has 0 saturated heterocycles. The van der Waals surface area contributed by atoms with Crippen molar-refractivity contribution in [3.8, 4) is 11.5 Å². The Morgan fingerprint density at radius 2 is 2.06 bits per heavy atom. The number of rotatable bonds is 4. The number of hydrogen-bond donors (Lipinski definition) is 1. The summed E-state index contributed by atoms with van der Waals surface area (Å²) in [4.78, 5) is 11.1. The monoisotopic (exact) mass is 222 g/mol. The second-order valence-electron chi connectivity index (χ2n) is 4.26. The average molecular weight is 222 g/mol. The van der Waals surface area contributed by atoms with Crippen molar-refractivity contribution >= 4 is 5.78 Å². The van der Waals surface area contributed by atoms with Gasteiger partial charge in [-0.25, -0.2) is 0 Å². The van der Waals surface area contributed by atoms with E-state index in [1.165, 1.54) is 14.0 Å². The topological polar surface area (TPSA) is 46.5 Å². The Morgan fingerprint density at radius 3 is 2.50 bits per heavy atom. The van der Waals surface area contributed by atoms with Gasteiger partial charge in [0.15, 0.2) is 11.5 Å². The molecule has 0 spiro atoms. The molecule has 0 amide bonds. The number of hydrogen-bond acceptors (Lipinski definition) is 3. The lowest BCUT2D eigenvalue weighted by molar-refractivity contribution is -0.116. The molecule has 0 unspecified atom stereocenters. The van der Waals surface area contributed by atoms with E-state index in [-0.39, 0.29) is 18.0 Å². The molecule has 0 bridgehead atoms. The van der Waals surface area contributed by atoms with Crippen LogP contribution in [0, 0.1) is 0 Å². The molecule has 0 aromatic heterocycles. The summed E-state index contributed by atoms with van der Waals surface area (Å²) in [5, 5.41) is 9.87. The Labute approximate surface area is 96.1 Å². The zero-order valence-electron chi connectivity index (χ0n) is 10.2. The largest absolute Gasteiger partial charge is 0.504 e. The van der Waals surface area contributed by atoms with Crippen LogP contribution in [0.4, 0.5) is 0 Å². The first-order chi connectivity index (χ1) is 7.45. The summed E-state index contributed by atoms with van der Waals surface area (Å²) in [6.07, 6.45) is 0.239. The number of methoxy groups -OCH3 is 1. The highest BCUT2D eigenvalue weighted by Crippen LogP contribution is 2.34. The highest BCUT2D eigenvalue weighted by molar-refractivity contribution is 5.79. The number of aromatic hydroxyl groups is 1. The summed E-state index contributed by atoms with van der Waals surface area (Å²) >= 11 is 0. The van der Waals surface area contributed by atoms with E-state index in [0.717, 1.165) is 5.56 Å². The Hall–Kier alpha value is -1.51. The molecule has 3 heteroatoms. The third-order valence-electron chi connectivity index (χ3n) is 2.50. The van der Waals surface area contributed by atoms with Crippen molar-refractivity contribution in [2.24, 2.45) is 0 Å². The van der Waals surface area contributed by atoms with Crippen molar-refractivity contribution in [1.82, 2.24) is 0 Å². The summed E-state index contributed by atoms with van der Waals surface area (Å²) in [5.41, 5.74) is 1.70. The Morgan fingerprint density at radius 1 is 1.44 bits per heavy atom. The highest BCUT2D eigenvalue weighted by Gasteiger charge is 2.13. The predicted octanol–water partition coefficient (Wildman–Crippen LogP) is 2.66. The van der Waals surface area contributed by atoms with Crippen molar-refractivity contribution in [1.29, 1.82) is 0 Å². The van der Waals surface area contributed by atoms with Crippen LogP contribution < -0.4 is 4.74 Å². The van der Waals surface area contributed by atoms with Gasteiger partial charge in [0.05, 0.1) is 7.11 Å². The fourth-order valence-electron chi connectivity index (χ4n) is 1.58. The maximum absolute atomic E-state index is 11.1. The minimum absolute atomic E-state index is 0.0262. The van der Waals surface area contributed by atoms with Gasteiger partial charge in [0.1, 0.15) is 5.78 Å². The SMILES string of the molecule is COc1cc(C(C)C)cc(CC(C)=O)c1O. The van der Waals surface area contributed by atoms with E-state index in [0.29, 0.717) is 17.2 Å². The van der Waals surface area contributed by atoms with Crippen LogP contribution in [-0.4, -0.2) is 18.0 Å². The quantitative estimate of drug-likeness (QED) is 0.851. The van der Waals surface area contributed by atoms with Gasteiger partial charge < -0.3 is 9.84 Å². The summed E-state index contributed by atoms with van der Waals surface area (Å²) < 4.78 is 5.10. The van der Waals surface area contributed by atoms with Crippen LogP contribution in [0.1, 0.15) is 37.8 Å². The summed E-state index contributed by atoms with van der Waals surface area (Å²) in [6.45, 7) is 5.63. The molecule has 0 aliphatic carbocycles. The van der Waals surface area contributed by atoms with Crippen LogP contribution in [0.25, 0.3) is 0 Å². The second kappa shape index (κ2) is 5.01. The molecule has 88 valence electrons. The third kappa shape index (κ3) is 2.75. The Bertz CT molecular complexity index is 394. The van der Waals surface area contributed by atoms with Gasteiger partial charge in [0.25, 0.3) is 0 Å². The van der Waals surface area contributed by atoms with Gasteiger partial charge in [0, 0.05) is 12.0 Å². The first-order valence-electron chi connectivity index (χ1n) is 5.35. The molecule has 0 heterocycles. The summed E-state index contributed by atoms with van der Waals surface area (Å²) in [5.74, 6) is 0.864. The molecule has 0 radical (unpaired) electrons. The van der Waals surface area contributed by atoms with E-state index < -0.39 is 0 Å². The van der Waals surface area contributed by atoms with Crippen molar-refractivity contribution in [3.63, 3.8) is 0 Å². The number of carbonyl (C=O) groups is 1. The van der Waals surface area contributed by atoms with Gasteiger partial charge in [-0.1, -0.05) is 19.9 Å². The molecule has 1 N–H and O–H groups in total. The zero-order chi connectivity index (χ0) is 12.3. The Kier molecular flexibility index (Phi) is 3.93. The van der Waals surface area contributed by atoms with E-state index in [9.17, 15) is 9.90 Å². The standard InChI is InChI=1S/C13H18O3/c1-8(2)10-6-11(5-9(3)14)13(15)12(7-10)16-4/h6-8,15H,5H2,1-4H3. The van der Waals surface area contributed by atoms with E-state index in [1.807, 2.05) is 12.1 Å². The molecule has 0 aliphatic rings. The lowest BCUT2D eigenvalue weighted by Gasteiger charge is -2.13. The van der Waals surface area contributed by atoms with E-state index in [4.69, 9.17) is 4.74 Å². The second-order valence-corrected chi connectivity index (χ2v) is 4.26. The highest BCUT2D eigenvalue weighted by atomic mass is 16.5. The molecule has 3 nitrogen and oxygen atoms in total. The molecule has 1 aromatic carbocycles. The van der Waals surface area contributed by atoms with Crippen molar-refractivity contribution < 1.29 is 14.6 Å². The van der Waals surface area contributed by atoms with Crippen molar-refractivity contribution in [2.75, 3.05) is 7.11 Å². The normalized spacial score (nSPS) is 10.6. The zero-order valence-corrected chi connectivity index (χ0v) is 10.2. The van der Waals surface area contributed by atoms with Crippen molar-refractivity contribution in [3.05, 3.63) is 23.3 Å². The van der Waals surface area contributed by atoms with Gasteiger partial charge in [-0.05, 0) is 24.5 Å². The first kappa shape index (κ1) is 12.6. The summed E-state index contributed by atoms with van der Waals surface area (Å²) in [6, 6.07) is 3.67. The lowest BCUT2D eigenvalue weighted by atomic mass is 9.97. The van der Waals surface area contributed by atoms with Gasteiger partial charge >= 0.3 is 0 Å². The molecule has 16 heavy (non-hydrogen) atoms. The van der Waals surface area contributed by atoms with Gasteiger partial charge in [-0.2, -0.15) is 0 Å². The number of Topliss-reactive ketones (excluding diaryl/α,β-unsaturated/α-hetero) is 1. The number of phenols is 1. The number of benzene rings is 1. The first-order valence-corrected chi connectivity index (χ1v) is 5.35. The predicted molar refractivity (Wildman–Crippen MR) is 63.1 cm³/mol. The lowest BCUT2D eigenvalue weighted by Crippen LogP contribution is -2.00. The molecule has 0 fully saturated rings. The molecular formula is C13H18O3.